The lowest BCUT2D eigenvalue weighted by molar-refractivity contribution is -0.168. The number of hydrogen-bond acceptors (Lipinski definition) is 36. The highest BCUT2D eigenvalue weighted by Gasteiger charge is 2.66. The Morgan fingerprint density at radius 1 is 0.476 bits per heavy atom. The van der Waals surface area contributed by atoms with Crippen LogP contribution in [0, 0.1) is 52.3 Å². The number of esters is 13. The summed E-state index contributed by atoms with van der Waals surface area (Å²) in [7, 11) is 2.57. The molecule has 0 radical (unpaired) electrons. The highest BCUT2D eigenvalue weighted by molar-refractivity contribution is 7.87. The molecule has 4 saturated heterocycles. The number of nitriles is 2. The summed E-state index contributed by atoms with van der Waals surface area (Å²) in [6.45, 7) is 62.6. The first-order valence-corrected chi connectivity index (χ1v) is 47.1. The van der Waals surface area contributed by atoms with Crippen LogP contribution in [-0.2, 0) is 147 Å². The van der Waals surface area contributed by atoms with E-state index < -0.39 is 105 Å². The lowest BCUT2D eigenvalue weighted by atomic mass is 9.79. The van der Waals surface area contributed by atoms with Gasteiger partial charge >= 0.3 is 77.6 Å². The van der Waals surface area contributed by atoms with E-state index in [0.717, 1.165) is 54.0 Å². The van der Waals surface area contributed by atoms with Crippen LogP contribution in [0.25, 0.3) is 10.8 Å². The van der Waals surface area contributed by atoms with Gasteiger partial charge in [0.25, 0.3) is 10.1 Å². The number of carbonyl (C=O) groups is 13. The van der Waals surface area contributed by atoms with Gasteiger partial charge in [-0.1, -0.05) is 144 Å². The minimum atomic E-state index is -3.43. The third kappa shape index (κ3) is 39.6. The molecule has 4 heterocycles. The van der Waals surface area contributed by atoms with Gasteiger partial charge in [-0.05, 0) is 205 Å². The highest BCUT2D eigenvalue weighted by atomic mass is 32.2. The zero-order valence-corrected chi connectivity index (χ0v) is 87.4. The second-order valence-electron chi connectivity index (χ2n) is 38.3. The van der Waals surface area contributed by atoms with Crippen molar-refractivity contribution >= 4 is 98.5 Å². The van der Waals surface area contributed by atoms with Crippen molar-refractivity contribution in [1.82, 2.24) is 4.90 Å². The average Bonchev–Trinajstić information content (AvgIpc) is 1.58. The number of para-hydroxylation sites is 1. The van der Waals surface area contributed by atoms with E-state index in [2.05, 4.69) is 132 Å². The summed E-state index contributed by atoms with van der Waals surface area (Å²) in [5, 5.41) is 34.2. The Hall–Kier alpha value is -13.8. The molecule has 4 aliphatic carbocycles. The van der Waals surface area contributed by atoms with E-state index in [1.807, 2.05) is 91.0 Å². The van der Waals surface area contributed by atoms with Gasteiger partial charge in [-0.2, -0.15) is 39.4 Å². The monoisotopic (exact) mass is 2010 g/mol. The van der Waals surface area contributed by atoms with Crippen molar-refractivity contribution < 1.29 is 137 Å². The molecule has 0 amide bonds. The Labute approximate surface area is 838 Å². The molecule has 778 valence electrons. The van der Waals surface area contributed by atoms with Crippen molar-refractivity contribution in [3.63, 3.8) is 0 Å². The summed E-state index contributed by atoms with van der Waals surface area (Å²) in [5.41, 5.74) is 1.17. The number of ether oxygens (including phenoxy) is 13. The minimum Gasteiger partial charge on any atom is -0.467 e. The van der Waals surface area contributed by atoms with Gasteiger partial charge < -0.3 is 61.6 Å². The number of benzene rings is 4. The fourth-order valence-electron chi connectivity index (χ4n) is 14.7. The number of piperidine rings is 1. The minimum absolute atomic E-state index is 0.00733. The fraction of sp³-hybridized carbons (Fsp3) is 0.500. The Bertz CT molecular complexity index is 5520. The average molecular weight is 2010 g/mol. The van der Waals surface area contributed by atoms with Crippen LogP contribution in [0.1, 0.15) is 195 Å². The molecule has 11 unspecified atom stereocenters. The molecule has 36 nitrogen and oxygen atoms in total. The number of rotatable bonds is 25. The number of likely N-dealkylation sites (tertiary alicyclic amines) is 1. The van der Waals surface area contributed by atoms with Crippen molar-refractivity contribution in [3.05, 3.63) is 211 Å². The molecule has 4 aromatic carbocycles. The van der Waals surface area contributed by atoms with E-state index >= 15 is 0 Å². The van der Waals surface area contributed by atoms with E-state index in [1.54, 1.807) is 121 Å². The van der Waals surface area contributed by atoms with Crippen LogP contribution >= 0.6 is 0 Å². The first kappa shape index (κ1) is 123. The molecule has 0 aromatic heterocycles. The molecule has 8 aliphatic rings. The third-order valence-electron chi connectivity index (χ3n) is 22.7. The molecule has 8 fully saturated rings. The SMILES string of the molecule is C=C(C)C(=O)OC.C=C(C)C(=O)OC1C2CC3C1OS(=O)(=O)C3C2.C=C(C)C(=O)OC1CC(C)(C)N(C)C(C)(C)C1.C=C(C)C(=O)OC1CCOC1=O.C=C(C)C(=O)OCC(=O)OC1C2CC3C(=O)OC1C3C2.C=C(C)C(=O)OCc1cccc2ccccc12.C=C(C)C(=O)OCc1ccccc1.C=C(C)C(=O)Oc1ccccc1.CC(C)(C#N)N=NC(C)(C)C#N.COC(=O)C(C)(C)N=NC(C)(C)C(=O)OC. The molecule has 143 heavy (non-hydrogen) atoms. The van der Waals surface area contributed by atoms with E-state index in [4.69, 9.17) is 57.3 Å². The number of cyclic esters (lactones) is 1. The van der Waals surface area contributed by atoms with Crippen LogP contribution in [0.2, 0.25) is 0 Å². The lowest BCUT2D eigenvalue weighted by Gasteiger charge is -2.53. The van der Waals surface area contributed by atoms with Crippen LogP contribution in [0.5, 0.6) is 5.75 Å². The molecule has 4 bridgehead atoms. The van der Waals surface area contributed by atoms with Crippen molar-refractivity contribution in [2.45, 2.75) is 272 Å². The largest absolute Gasteiger partial charge is 0.467 e. The zero-order chi connectivity index (χ0) is 109. The van der Waals surface area contributed by atoms with E-state index in [9.17, 15) is 70.7 Å². The second kappa shape index (κ2) is 55.6. The predicted molar refractivity (Wildman–Crippen MR) is 528 cm³/mol. The molecule has 4 aliphatic heterocycles. The number of fused-ring (bicyclic) bond motifs is 3. The number of methoxy groups -OCH3 is 3. The van der Waals surface area contributed by atoms with Crippen LogP contribution in [0.3, 0.4) is 0 Å². The first-order valence-electron chi connectivity index (χ1n) is 45.7. The van der Waals surface area contributed by atoms with Crippen molar-refractivity contribution in [2.75, 3.05) is 41.6 Å². The van der Waals surface area contributed by atoms with Gasteiger partial charge in [-0.25, -0.2) is 57.5 Å². The number of hydrogen-bond donors (Lipinski definition) is 0. The Kier molecular flexibility index (Phi) is 48.0. The molecule has 37 heteroatoms. The standard InChI is InChI=1S/C15H14O2.C14H25NO2.C14H16O6.C11H14O5S.C11H12O2.C10H18N2O4.C10H10O2.C8H12N4.C8H10O4.C5H8O2/c1-11(2)15(16)17-10-13-8-5-7-12-6-3-4-9-14(12)13;1-10(2)12(16)17-11-8-13(3,4)15(7)14(5,6)9-11;1-6(2)13(16)18-5-10(15)19-11-7-3-8-9(4-7)14(17)20-12(8)11;1-5(2)11(12)15-9-6-3-7-8(4-6)17(13,14)16-10(7)9;1-9(2)11(12)13-8-10-6-4-3-5-7-10;1-9(2,7(13)15-5)11-12-10(3,4)8(14)16-6;1-8(2)10(11)12-9-6-4-3-5-7-9;1-7(2,5-9)11-12-8(3,4)6-10;1-5(2)7(9)12-6-3-4-11-8(6)10;1-4(2)5(6)7-3/h3-9H,1,10H2,2H3;11H,1,8-9H2,2-7H3;7-9,11-12H,1,3-5H2,2H3;6-10H,1,3-4H2,2H3;3-7H,1,8H2,2H3;1-6H3;3-7H,1H2,2H3;1-4H3;6H,1,3-4H2,2H3;1H2,2-3H3. The fourth-order valence-corrected chi connectivity index (χ4v) is 16.6. The Morgan fingerprint density at radius 2 is 0.902 bits per heavy atom. The molecule has 12 rings (SSSR count). The summed E-state index contributed by atoms with van der Waals surface area (Å²) < 4.78 is 92.4. The van der Waals surface area contributed by atoms with Gasteiger partial charge in [0.15, 0.2) is 28.8 Å². The van der Waals surface area contributed by atoms with E-state index in [0.29, 0.717) is 65.2 Å². The quantitative estimate of drug-likeness (QED) is 0.0148. The van der Waals surface area contributed by atoms with Gasteiger partial charge in [0.2, 0.25) is 6.10 Å². The van der Waals surface area contributed by atoms with Crippen LogP contribution in [0.15, 0.2) is 221 Å². The first-order chi connectivity index (χ1) is 66.3. The number of azo groups is 2. The highest BCUT2D eigenvalue weighted by Crippen LogP contribution is 2.57. The molecule has 11 atom stereocenters. The van der Waals surface area contributed by atoms with E-state index in [-0.39, 0.29) is 112 Å². The molecule has 4 aromatic rings. The maximum atomic E-state index is 11.7. The van der Waals surface area contributed by atoms with Crippen LogP contribution in [0.4, 0.5) is 0 Å². The van der Waals surface area contributed by atoms with Gasteiger partial charge in [0.1, 0.15) is 49.5 Å². The lowest BCUT2D eigenvalue weighted by Crippen LogP contribution is -2.60. The topological polar surface area (TPSA) is 486 Å². The zero-order valence-electron chi connectivity index (χ0n) is 86.6. The maximum Gasteiger partial charge on any atom is 0.347 e. The summed E-state index contributed by atoms with van der Waals surface area (Å²) >= 11 is 0. The van der Waals surface area contributed by atoms with Crippen LogP contribution in [-0.4, -0.2) is 208 Å². The van der Waals surface area contributed by atoms with E-state index in [1.165, 1.54) is 35.2 Å². The molecule has 0 N–H and O–H groups in total. The Balaban J connectivity index is 0.000000412. The molecular formula is C106H139N7O29S. The Morgan fingerprint density at radius 3 is 1.36 bits per heavy atom. The van der Waals surface area contributed by atoms with Crippen molar-refractivity contribution in [1.29, 1.82) is 10.5 Å². The summed E-state index contributed by atoms with van der Waals surface area (Å²) in [6.07, 6.45) is 2.77. The summed E-state index contributed by atoms with van der Waals surface area (Å²) in [4.78, 5) is 148. The molecular weight excluding hydrogens is 1870 g/mol. The smallest absolute Gasteiger partial charge is 0.347 e. The number of carbonyl (C=O) groups excluding carboxylic acids is 13. The van der Waals surface area contributed by atoms with Gasteiger partial charge in [-0.3, -0.25) is 13.9 Å². The molecule has 0 spiro atoms. The van der Waals surface area contributed by atoms with Gasteiger partial charge in [-0.15, -0.1) is 0 Å². The van der Waals surface area contributed by atoms with Crippen LogP contribution < -0.4 is 4.74 Å². The normalized spacial score (nSPS) is 20.8. The summed E-state index contributed by atoms with van der Waals surface area (Å²) in [5.74, 6) is -4.59. The van der Waals surface area contributed by atoms with Gasteiger partial charge in [0.05, 0.1) is 51.2 Å². The van der Waals surface area contributed by atoms with Crippen molar-refractivity contribution in [3.8, 4) is 17.9 Å². The van der Waals surface area contributed by atoms with Gasteiger partial charge in [0, 0.05) is 98.6 Å². The second-order valence-corrected chi connectivity index (χ2v) is 40.1. The third-order valence-corrected chi connectivity index (χ3v) is 24.5. The van der Waals surface area contributed by atoms with Crippen molar-refractivity contribution in [2.24, 2.45) is 50.0 Å². The summed E-state index contributed by atoms with van der Waals surface area (Å²) in [6, 6.07) is 36.4. The molecule has 4 saturated carbocycles. The maximum absolute atomic E-state index is 11.7. The predicted octanol–water partition coefficient (Wildman–Crippen LogP) is 16.4. The number of nitrogens with zero attached hydrogens (tertiary/aromatic N) is 7.